The van der Waals surface area contributed by atoms with Crippen LogP contribution in [0.2, 0.25) is 0 Å². The van der Waals surface area contributed by atoms with Gasteiger partial charge in [-0.05, 0) is 42.2 Å². The molecule has 6 nitrogen and oxygen atoms in total. The Morgan fingerprint density at radius 2 is 1.37 bits per heavy atom. The summed E-state index contributed by atoms with van der Waals surface area (Å²) in [5.74, 6) is -1.60. The largest absolute Gasteiger partial charge is 0.246 e. The van der Waals surface area contributed by atoms with Gasteiger partial charge in [0.15, 0.2) is 0 Å². The van der Waals surface area contributed by atoms with Crippen LogP contribution < -0.4 is 0 Å². The Morgan fingerprint density at radius 1 is 0.833 bits per heavy atom. The maximum atomic E-state index is 13.9. The zero-order valence-corrected chi connectivity index (χ0v) is 18.4. The van der Waals surface area contributed by atoms with Crippen molar-refractivity contribution >= 4 is 20.0 Å². The minimum absolute atomic E-state index is 0.0574. The van der Waals surface area contributed by atoms with Gasteiger partial charge in [-0.15, -0.1) is 0 Å². The molecule has 30 heavy (non-hydrogen) atoms. The molecule has 10 heteroatoms. The van der Waals surface area contributed by atoms with Gasteiger partial charge >= 0.3 is 0 Å². The number of rotatable bonds is 6. The Labute approximate surface area is 176 Å². The van der Waals surface area contributed by atoms with Crippen LogP contribution in [0.25, 0.3) is 0 Å². The van der Waals surface area contributed by atoms with E-state index in [1.54, 1.807) is 24.3 Å². The minimum atomic E-state index is -4.19. The second-order valence-corrected chi connectivity index (χ2v) is 11.5. The Kier molecular flexibility index (Phi) is 6.61. The molecule has 0 radical (unpaired) electrons. The second-order valence-electron chi connectivity index (χ2n) is 7.62. The van der Waals surface area contributed by atoms with E-state index in [1.807, 2.05) is 0 Å². The fourth-order valence-corrected chi connectivity index (χ4v) is 6.28. The molecule has 0 atom stereocenters. The average Bonchev–Trinajstić information content (AvgIpc) is 2.68. The molecule has 0 bridgehead atoms. The molecule has 3 rings (SSSR count). The number of benzene rings is 2. The first kappa shape index (κ1) is 22.8. The number of hydrogen-bond donors (Lipinski definition) is 0. The predicted octanol–water partition coefficient (Wildman–Crippen LogP) is 2.86. The predicted molar refractivity (Wildman–Crippen MR) is 109 cm³/mol. The van der Waals surface area contributed by atoms with Crippen molar-refractivity contribution in [3.8, 4) is 0 Å². The lowest BCUT2D eigenvalue weighted by Crippen LogP contribution is -2.50. The fourth-order valence-electron chi connectivity index (χ4n) is 3.39. The summed E-state index contributed by atoms with van der Waals surface area (Å²) in [4.78, 5) is -0.475. The Morgan fingerprint density at radius 3 is 1.87 bits per heavy atom. The van der Waals surface area contributed by atoms with Crippen LogP contribution in [-0.2, 0) is 26.5 Å². The summed E-state index contributed by atoms with van der Waals surface area (Å²) < 4.78 is 80.4. The van der Waals surface area contributed by atoms with Crippen molar-refractivity contribution in [2.75, 3.05) is 26.2 Å². The van der Waals surface area contributed by atoms with E-state index >= 15 is 0 Å². The van der Waals surface area contributed by atoms with Crippen LogP contribution in [-0.4, -0.2) is 51.6 Å². The molecule has 0 spiro atoms. The number of nitrogens with zero attached hydrogens (tertiary/aromatic N) is 2. The third-order valence-electron chi connectivity index (χ3n) is 4.91. The summed E-state index contributed by atoms with van der Waals surface area (Å²) in [5, 5.41) is 0. The van der Waals surface area contributed by atoms with E-state index in [9.17, 15) is 25.6 Å². The van der Waals surface area contributed by atoms with Crippen molar-refractivity contribution in [3.63, 3.8) is 0 Å². The van der Waals surface area contributed by atoms with Crippen LogP contribution in [0.4, 0.5) is 8.78 Å². The number of halogens is 2. The third-order valence-corrected chi connectivity index (χ3v) is 8.76. The Balaban J connectivity index is 1.72. The molecule has 0 aromatic heterocycles. The number of sulfonamides is 2. The first-order valence-corrected chi connectivity index (χ1v) is 12.4. The van der Waals surface area contributed by atoms with Crippen LogP contribution in [0, 0.1) is 17.6 Å². The maximum absolute atomic E-state index is 13.9. The summed E-state index contributed by atoms with van der Waals surface area (Å²) in [5.41, 5.74) is 1.04. The maximum Gasteiger partial charge on any atom is 0.246 e. The van der Waals surface area contributed by atoms with E-state index in [0.29, 0.717) is 12.0 Å². The standard InChI is InChI=1S/C20H24F2N2O4S2/c1-15(2)13-16-3-6-18(7-4-16)29(25,26)23-9-11-24(12-10-23)30(27,28)20-8-5-17(21)14-19(20)22/h3-8,14-15H,9-13H2,1-2H3. The van der Waals surface area contributed by atoms with Gasteiger partial charge in [0, 0.05) is 32.2 Å². The highest BCUT2D eigenvalue weighted by atomic mass is 32.2. The highest BCUT2D eigenvalue weighted by Gasteiger charge is 2.35. The van der Waals surface area contributed by atoms with E-state index in [0.717, 1.165) is 28.4 Å². The fraction of sp³-hybridized carbons (Fsp3) is 0.400. The monoisotopic (exact) mass is 458 g/mol. The molecule has 0 amide bonds. The Bertz CT molecular complexity index is 1110. The zero-order chi connectivity index (χ0) is 22.1. The van der Waals surface area contributed by atoms with E-state index in [1.165, 1.54) is 4.31 Å². The molecule has 0 unspecified atom stereocenters. The molecule has 1 aliphatic heterocycles. The van der Waals surface area contributed by atoms with E-state index in [4.69, 9.17) is 0 Å². The van der Waals surface area contributed by atoms with Crippen LogP contribution >= 0.6 is 0 Å². The van der Waals surface area contributed by atoms with Crippen LogP contribution in [0.5, 0.6) is 0 Å². The van der Waals surface area contributed by atoms with Gasteiger partial charge in [0.1, 0.15) is 16.5 Å². The van der Waals surface area contributed by atoms with Gasteiger partial charge in [-0.1, -0.05) is 26.0 Å². The lowest BCUT2D eigenvalue weighted by molar-refractivity contribution is 0.272. The summed E-state index contributed by atoms with van der Waals surface area (Å²) >= 11 is 0. The van der Waals surface area contributed by atoms with Crippen molar-refractivity contribution in [1.82, 2.24) is 8.61 Å². The van der Waals surface area contributed by atoms with Gasteiger partial charge in [0.2, 0.25) is 20.0 Å². The summed E-state index contributed by atoms with van der Waals surface area (Å²) in [6, 6.07) is 8.95. The summed E-state index contributed by atoms with van der Waals surface area (Å²) in [7, 11) is -7.96. The minimum Gasteiger partial charge on any atom is -0.207 e. The second kappa shape index (κ2) is 8.70. The van der Waals surface area contributed by atoms with Gasteiger partial charge in [-0.2, -0.15) is 8.61 Å². The molecule has 0 N–H and O–H groups in total. The zero-order valence-electron chi connectivity index (χ0n) is 16.8. The van der Waals surface area contributed by atoms with Gasteiger partial charge in [-0.3, -0.25) is 0 Å². The van der Waals surface area contributed by atoms with Crippen molar-refractivity contribution in [3.05, 3.63) is 59.7 Å². The third kappa shape index (κ3) is 4.72. The van der Waals surface area contributed by atoms with Gasteiger partial charge in [0.25, 0.3) is 0 Å². The molecule has 0 aliphatic carbocycles. The van der Waals surface area contributed by atoms with E-state index in [2.05, 4.69) is 13.8 Å². The molecule has 164 valence electrons. The quantitative estimate of drug-likeness (QED) is 0.667. The first-order chi connectivity index (χ1) is 14.0. The lowest BCUT2D eigenvalue weighted by atomic mass is 10.0. The molecule has 1 aliphatic rings. The molecule has 1 saturated heterocycles. The SMILES string of the molecule is CC(C)Cc1ccc(S(=O)(=O)N2CCN(S(=O)(=O)c3ccc(F)cc3F)CC2)cc1. The summed E-state index contributed by atoms with van der Waals surface area (Å²) in [6.07, 6.45) is 0.844. The Hall–Kier alpha value is -1.88. The molecule has 2 aromatic carbocycles. The van der Waals surface area contributed by atoms with E-state index in [-0.39, 0.29) is 31.1 Å². The first-order valence-electron chi connectivity index (χ1n) is 9.56. The normalized spacial score (nSPS) is 16.8. The highest BCUT2D eigenvalue weighted by molar-refractivity contribution is 7.89. The van der Waals surface area contributed by atoms with E-state index < -0.39 is 36.6 Å². The van der Waals surface area contributed by atoms with Gasteiger partial charge < -0.3 is 0 Å². The lowest BCUT2D eigenvalue weighted by Gasteiger charge is -2.33. The molecule has 0 saturated carbocycles. The molecule has 1 fully saturated rings. The van der Waals surface area contributed by atoms with Crippen LogP contribution in [0.15, 0.2) is 52.3 Å². The van der Waals surface area contributed by atoms with Gasteiger partial charge in [-0.25, -0.2) is 25.6 Å². The van der Waals surface area contributed by atoms with Crippen molar-refractivity contribution in [2.24, 2.45) is 5.92 Å². The van der Waals surface area contributed by atoms with Gasteiger partial charge in [0.05, 0.1) is 4.90 Å². The molecular weight excluding hydrogens is 434 g/mol. The highest BCUT2D eigenvalue weighted by Crippen LogP contribution is 2.24. The van der Waals surface area contributed by atoms with Crippen LogP contribution in [0.1, 0.15) is 19.4 Å². The van der Waals surface area contributed by atoms with Crippen LogP contribution in [0.3, 0.4) is 0 Å². The smallest absolute Gasteiger partial charge is 0.207 e. The molecule has 2 aromatic rings. The number of hydrogen-bond acceptors (Lipinski definition) is 4. The topological polar surface area (TPSA) is 74.8 Å². The molecule has 1 heterocycles. The van der Waals surface area contributed by atoms with Crippen molar-refractivity contribution in [2.45, 2.75) is 30.1 Å². The van der Waals surface area contributed by atoms with Crippen molar-refractivity contribution in [1.29, 1.82) is 0 Å². The summed E-state index contributed by atoms with van der Waals surface area (Å²) in [6.45, 7) is 3.80. The number of piperazine rings is 1. The average molecular weight is 459 g/mol. The van der Waals surface area contributed by atoms with Crippen molar-refractivity contribution < 1.29 is 25.6 Å². The molecular formula is C20H24F2N2O4S2.